The number of hydrogen-bond acceptors (Lipinski definition) is 8. The number of aromatic nitrogens is 6. The first kappa shape index (κ1) is 25.3. The van der Waals surface area contributed by atoms with Gasteiger partial charge in [0, 0.05) is 48.2 Å². The lowest BCUT2D eigenvalue weighted by atomic mass is 10.1. The summed E-state index contributed by atoms with van der Waals surface area (Å²) >= 11 is 1.38. The van der Waals surface area contributed by atoms with Crippen LogP contribution in [0.1, 0.15) is 34.6 Å². The van der Waals surface area contributed by atoms with Gasteiger partial charge in [-0.3, -0.25) is 19.9 Å². The van der Waals surface area contributed by atoms with E-state index < -0.39 is 5.83 Å². The molecule has 0 aromatic carbocycles. The van der Waals surface area contributed by atoms with Gasteiger partial charge in [0.15, 0.2) is 23.1 Å². The molecule has 0 bridgehead atoms. The number of imidazole rings is 1. The zero-order valence-electron chi connectivity index (χ0n) is 21.1. The topological polar surface area (TPSA) is 125 Å². The van der Waals surface area contributed by atoms with Gasteiger partial charge >= 0.3 is 0 Å². The second-order valence-electron chi connectivity index (χ2n) is 8.54. The normalized spacial score (nSPS) is 12.8. The first-order valence-corrected chi connectivity index (χ1v) is 12.7. The van der Waals surface area contributed by atoms with Crippen molar-refractivity contribution < 1.29 is 9.18 Å². The lowest BCUT2D eigenvalue weighted by molar-refractivity contribution is 0.102. The average Bonchev–Trinajstić information content (AvgIpc) is 3.66. The summed E-state index contributed by atoms with van der Waals surface area (Å²) in [5.74, 6) is -0.268. The molecule has 192 valence electrons. The van der Waals surface area contributed by atoms with Crippen LogP contribution < -0.4 is 15.9 Å². The minimum Gasteiger partial charge on any atom is -0.321 e. The van der Waals surface area contributed by atoms with E-state index in [1.54, 1.807) is 24.7 Å². The highest BCUT2D eigenvalue weighted by Crippen LogP contribution is 2.33. The Kier molecular flexibility index (Phi) is 7.03. The minimum atomic E-state index is -0.596. The number of thiophene rings is 1. The van der Waals surface area contributed by atoms with Gasteiger partial charge in [-0.05, 0) is 43.3 Å². The fraction of sp³-hybridized carbons (Fsp3) is 0.185. The van der Waals surface area contributed by atoms with Crippen LogP contribution in [0.4, 0.5) is 4.39 Å². The molecule has 0 amide bonds. The number of hydrogen-bond donors (Lipinski definition) is 3. The molecule has 5 heterocycles. The number of H-pyrrole nitrogens is 2. The predicted molar refractivity (Wildman–Crippen MR) is 148 cm³/mol. The Bertz CT molecular complexity index is 1800. The number of ketones is 1. The maximum Gasteiger partial charge on any atom is 0.169 e. The van der Waals surface area contributed by atoms with Crippen LogP contribution in [0.3, 0.4) is 0 Å². The lowest BCUT2D eigenvalue weighted by Gasteiger charge is -2.07. The van der Waals surface area contributed by atoms with Crippen molar-refractivity contribution in [2.45, 2.75) is 20.4 Å². The number of nitrogens with zero attached hydrogens (tertiary/aromatic N) is 5. The van der Waals surface area contributed by atoms with Gasteiger partial charge in [-0.1, -0.05) is 13.5 Å². The number of fused-ring (bicyclic) bond motifs is 1. The van der Waals surface area contributed by atoms with Crippen LogP contribution in [0.2, 0.25) is 0 Å². The Morgan fingerprint density at radius 1 is 1.26 bits per heavy atom. The van der Waals surface area contributed by atoms with E-state index in [1.807, 2.05) is 25.1 Å². The van der Waals surface area contributed by atoms with Gasteiger partial charge in [-0.15, -0.1) is 11.3 Å². The highest BCUT2D eigenvalue weighted by Gasteiger charge is 2.20. The Balaban J connectivity index is 1.62. The van der Waals surface area contributed by atoms with Gasteiger partial charge in [-0.25, -0.2) is 14.4 Å². The van der Waals surface area contributed by atoms with Crippen molar-refractivity contribution in [3.05, 3.63) is 69.4 Å². The largest absolute Gasteiger partial charge is 0.321 e. The number of aromatic amines is 2. The van der Waals surface area contributed by atoms with Crippen LogP contribution in [-0.2, 0) is 6.54 Å². The molecule has 0 saturated heterocycles. The van der Waals surface area contributed by atoms with E-state index in [0.29, 0.717) is 34.0 Å². The second kappa shape index (κ2) is 10.6. The van der Waals surface area contributed by atoms with Crippen LogP contribution in [-0.4, -0.2) is 55.2 Å². The molecule has 9 nitrogen and oxygen atoms in total. The van der Waals surface area contributed by atoms with Gasteiger partial charge in [0.25, 0.3) is 0 Å². The van der Waals surface area contributed by atoms with Crippen LogP contribution in [0, 0.1) is 0 Å². The Morgan fingerprint density at radius 2 is 2.11 bits per heavy atom. The molecule has 11 heteroatoms. The monoisotopic (exact) mass is 528 g/mol. The van der Waals surface area contributed by atoms with E-state index in [-0.39, 0.29) is 27.8 Å². The molecular formula is C27H25FN8OS. The summed E-state index contributed by atoms with van der Waals surface area (Å²) in [5, 5.41) is 10.8. The van der Waals surface area contributed by atoms with Crippen molar-refractivity contribution >= 4 is 46.4 Å². The Morgan fingerprint density at radius 3 is 2.84 bits per heavy atom. The van der Waals surface area contributed by atoms with Gasteiger partial charge in [0.2, 0.25) is 0 Å². The molecule has 3 N–H and O–H groups in total. The molecule has 0 radical (unpaired) electrons. The molecule has 0 aliphatic rings. The van der Waals surface area contributed by atoms with E-state index >= 15 is 4.39 Å². The maximum absolute atomic E-state index is 16.1. The van der Waals surface area contributed by atoms with Gasteiger partial charge < -0.3 is 10.3 Å². The van der Waals surface area contributed by atoms with Crippen molar-refractivity contribution in [3.8, 4) is 22.0 Å². The van der Waals surface area contributed by atoms with Crippen molar-refractivity contribution in [1.29, 1.82) is 0 Å². The number of aliphatic imine (C=N–C) groups is 1. The molecule has 0 aliphatic heterocycles. The van der Waals surface area contributed by atoms with Crippen LogP contribution in [0.15, 0.2) is 47.8 Å². The SMILES string of the molecule is C=c1[nH]nc(-c2nc3c(-c4ccc(C(C)=O)s4)ccnc3[nH]2)/c1=C(F)/C(=N\C)c1cncc(CNCC)c1. The summed E-state index contributed by atoms with van der Waals surface area (Å²) < 4.78 is 16.1. The third-order valence-corrected chi connectivity index (χ3v) is 7.19. The molecule has 5 aromatic rings. The highest BCUT2D eigenvalue weighted by molar-refractivity contribution is 7.17. The predicted octanol–water partition coefficient (Wildman–Crippen LogP) is 3.39. The summed E-state index contributed by atoms with van der Waals surface area (Å²) in [6, 6.07) is 7.37. The summed E-state index contributed by atoms with van der Waals surface area (Å²) in [7, 11) is 1.53. The van der Waals surface area contributed by atoms with Crippen LogP contribution >= 0.6 is 11.3 Å². The second-order valence-corrected chi connectivity index (χ2v) is 9.62. The zero-order chi connectivity index (χ0) is 26.8. The average molecular weight is 529 g/mol. The summed E-state index contributed by atoms with van der Waals surface area (Å²) in [4.78, 5) is 34.1. The zero-order valence-corrected chi connectivity index (χ0v) is 21.9. The Hall–Kier alpha value is -4.35. The van der Waals surface area contributed by atoms with E-state index in [2.05, 4.69) is 42.0 Å². The van der Waals surface area contributed by atoms with Gasteiger partial charge in [-0.2, -0.15) is 5.10 Å². The summed E-state index contributed by atoms with van der Waals surface area (Å²) in [6.45, 7) is 8.91. The molecule has 0 atom stereocenters. The summed E-state index contributed by atoms with van der Waals surface area (Å²) in [5.41, 5.74) is 3.76. The number of carbonyl (C=O) groups is 1. The first-order chi connectivity index (χ1) is 18.4. The van der Waals surface area contributed by atoms with Crippen molar-refractivity contribution in [2.24, 2.45) is 4.99 Å². The van der Waals surface area contributed by atoms with E-state index in [9.17, 15) is 4.79 Å². The minimum absolute atomic E-state index is 0.000162. The van der Waals surface area contributed by atoms with E-state index in [4.69, 9.17) is 4.98 Å². The molecule has 38 heavy (non-hydrogen) atoms. The fourth-order valence-electron chi connectivity index (χ4n) is 4.13. The highest BCUT2D eigenvalue weighted by atomic mass is 32.1. The number of carbonyl (C=O) groups excluding carboxylic acids is 1. The molecule has 5 rings (SSSR count). The van der Waals surface area contributed by atoms with Crippen LogP contribution in [0.5, 0.6) is 0 Å². The molecular weight excluding hydrogens is 503 g/mol. The number of pyridine rings is 2. The first-order valence-electron chi connectivity index (χ1n) is 11.9. The smallest absolute Gasteiger partial charge is 0.169 e. The van der Waals surface area contributed by atoms with Gasteiger partial charge in [0.05, 0.1) is 15.4 Å². The van der Waals surface area contributed by atoms with Crippen molar-refractivity contribution in [1.82, 2.24) is 35.5 Å². The fourth-order valence-corrected chi connectivity index (χ4v) is 5.06. The van der Waals surface area contributed by atoms with Gasteiger partial charge in [0.1, 0.15) is 16.9 Å². The number of halogens is 1. The lowest BCUT2D eigenvalue weighted by Crippen LogP contribution is -2.27. The third-order valence-electron chi connectivity index (χ3n) is 5.97. The van der Waals surface area contributed by atoms with Crippen molar-refractivity contribution in [3.63, 3.8) is 0 Å². The number of rotatable bonds is 8. The number of Topliss-reactive ketones (excluding diaryl/α,β-unsaturated/α-hetero) is 1. The molecule has 0 unspecified atom stereocenters. The Labute approximate surface area is 221 Å². The molecule has 5 aromatic heterocycles. The molecule has 0 aliphatic carbocycles. The molecule has 0 saturated carbocycles. The third kappa shape index (κ3) is 4.69. The van der Waals surface area contributed by atoms with E-state index in [1.165, 1.54) is 25.3 Å². The quantitative estimate of drug-likeness (QED) is 0.210. The molecule has 0 fully saturated rings. The van der Waals surface area contributed by atoms with E-state index in [0.717, 1.165) is 22.5 Å². The summed E-state index contributed by atoms with van der Waals surface area (Å²) in [6.07, 6.45) is 4.97. The molecule has 0 spiro atoms. The van der Waals surface area contributed by atoms with Crippen LogP contribution in [0.25, 0.3) is 45.5 Å². The standard InChI is InChI=1S/C27H25FN8OS/c1-5-30-11-16-10-17(13-31-12-16)23(29-4)22(28)21-14(2)35-36-25(21)27-33-24-18(8-9-32-26(24)34-27)20-7-6-19(38-20)15(3)37/h6-10,12-13,30,35H,2,5,11H2,1,3-4H3,(H,32,33,34)/b22-21-,29-23-. The number of nitrogens with one attached hydrogen (secondary N) is 3. The maximum atomic E-state index is 16.1. The van der Waals surface area contributed by atoms with Crippen molar-refractivity contribution in [2.75, 3.05) is 13.6 Å².